The topological polar surface area (TPSA) is 70.5 Å². The van der Waals surface area contributed by atoms with Crippen LogP contribution >= 0.6 is 11.3 Å². The summed E-state index contributed by atoms with van der Waals surface area (Å²) in [5.41, 5.74) is 2.87. The summed E-state index contributed by atoms with van der Waals surface area (Å²) in [6.07, 6.45) is 1.26. The minimum absolute atomic E-state index is 0.0167. The van der Waals surface area contributed by atoms with Crippen molar-refractivity contribution in [3.8, 4) is 16.3 Å². The summed E-state index contributed by atoms with van der Waals surface area (Å²) in [5.74, 6) is 0.0938. The summed E-state index contributed by atoms with van der Waals surface area (Å²) in [6, 6.07) is 20.0. The molecule has 0 saturated carbocycles. The number of piperidine rings is 1. The van der Waals surface area contributed by atoms with Crippen LogP contribution in [0.15, 0.2) is 72.1 Å². The van der Waals surface area contributed by atoms with Gasteiger partial charge in [0.15, 0.2) is 5.78 Å². The van der Waals surface area contributed by atoms with Crippen LogP contribution in [0.5, 0.6) is 5.75 Å². The monoisotopic (exact) mass is 442 g/mol. The number of phenolic OH excluding ortho intramolecular Hbond substituents is 1. The largest absolute Gasteiger partial charge is 0.508 e. The number of nitrogens with zero attached hydrogens (tertiary/aromatic N) is 2. The average Bonchev–Trinajstić information content (AvgIpc) is 3.38. The average molecular weight is 443 g/mol. The number of thiophene rings is 1. The van der Waals surface area contributed by atoms with E-state index in [-0.39, 0.29) is 23.4 Å². The van der Waals surface area contributed by atoms with E-state index in [1.807, 2.05) is 52.7 Å². The Hall–Kier alpha value is -3.51. The number of aromatic nitrogens is 1. The first-order valence-electron chi connectivity index (χ1n) is 10.7. The molecule has 160 valence electrons. The Balaban J connectivity index is 1.37. The van der Waals surface area contributed by atoms with E-state index in [9.17, 15) is 14.7 Å². The highest BCUT2D eigenvalue weighted by atomic mass is 32.1. The van der Waals surface area contributed by atoms with E-state index in [1.165, 1.54) is 12.1 Å². The Morgan fingerprint density at radius 3 is 2.44 bits per heavy atom. The summed E-state index contributed by atoms with van der Waals surface area (Å²) in [5, 5.41) is 12.3. The zero-order chi connectivity index (χ0) is 22.1. The van der Waals surface area contributed by atoms with Crippen molar-refractivity contribution in [2.45, 2.75) is 12.8 Å². The number of hydrogen-bond acceptors (Lipinski definition) is 5. The molecule has 2 aromatic heterocycles. The number of fused-ring (bicyclic) bond motifs is 1. The van der Waals surface area contributed by atoms with Crippen LogP contribution in [0.4, 0.5) is 0 Å². The van der Waals surface area contributed by atoms with Gasteiger partial charge in [-0.1, -0.05) is 24.3 Å². The van der Waals surface area contributed by atoms with E-state index < -0.39 is 0 Å². The molecule has 1 saturated heterocycles. The van der Waals surface area contributed by atoms with Crippen molar-refractivity contribution in [3.63, 3.8) is 0 Å². The maximum atomic E-state index is 13.5. The number of hydrogen-bond donors (Lipinski definition) is 1. The SMILES string of the molecule is O=C(c1ccc(O)cc1)C1CCN(C(=O)c2cc(-c3cccs3)nc3ccccc23)CC1. The molecule has 5 rings (SSSR count). The van der Waals surface area contributed by atoms with Gasteiger partial charge < -0.3 is 10.0 Å². The highest BCUT2D eigenvalue weighted by Crippen LogP contribution is 2.30. The van der Waals surface area contributed by atoms with Gasteiger partial charge in [-0.3, -0.25) is 9.59 Å². The standard InChI is InChI=1S/C26H22N2O3S/c29-19-9-7-17(8-10-19)25(30)18-11-13-28(14-12-18)26(31)21-16-23(24-6-3-15-32-24)27-22-5-2-1-4-20(21)22/h1-10,15-16,18,29H,11-14H2. The summed E-state index contributed by atoms with van der Waals surface area (Å²) < 4.78 is 0. The van der Waals surface area contributed by atoms with E-state index in [1.54, 1.807) is 23.5 Å². The molecule has 0 aliphatic carbocycles. The number of phenols is 1. The van der Waals surface area contributed by atoms with Crippen LogP contribution in [-0.4, -0.2) is 39.8 Å². The van der Waals surface area contributed by atoms with Gasteiger partial charge in [0.05, 0.1) is 21.7 Å². The van der Waals surface area contributed by atoms with E-state index in [0.29, 0.717) is 37.1 Å². The van der Waals surface area contributed by atoms with Crippen LogP contribution in [0, 0.1) is 5.92 Å². The lowest BCUT2D eigenvalue weighted by atomic mass is 9.88. The molecule has 1 N–H and O–H groups in total. The Morgan fingerprint density at radius 2 is 1.72 bits per heavy atom. The molecule has 0 unspecified atom stereocenters. The molecule has 0 spiro atoms. The number of aromatic hydroxyl groups is 1. The van der Waals surface area contributed by atoms with Gasteiger partial charge in [-0.25, -0.2) is 4.98 Å². The molecule has 1 fully saturated rings. The number of Topliss-reactive ketones (excluding diaryl/α,β-unsaturated/α-hetero) is 1. The van der Waals surface area contributed by atoms with E-state index >= 15 is 0 Å². The third kappa shape index (κ3) is 3.89. The number of pyridine rings is 1. The minimum atomic E-state index is -0.112. The van der Waals surface area contributed by atoms with Gasteiger partial charge in [0, 0.05) is 30.0 Å². The number of benzene rings is 2. The number of rotatable bonds is 4. The maximum Gasteiger partial charge on any atom is 0.254 e. The number of para-hydroxylation sites is 1. The molecule has 32 heavy (non-hydrogen) atoms. The van der Waals surface area contributed by atoms with Crippen LogP contribution in [0.3, 0.4) is 0 Å². The molecule has 0 bridgehead atoms. The van der Waals surface area contributed by atoms with Crippen molar-refractivity contribution in [1.82, 2.24) is 9.88 Å². The quantitative estimate of drug-likeness (QED) is 0.429. The smallest absolute Gasteiger partial charge is 0.254 e. The van der Waals surface area contributed by atoms with Crippen molar-refractivity contribution < 1.29 is 14.7 Å². The van der Waals surface area contributed by atoms with Crippen LogP contribution in [0.2, 0.25) is 0 Å². The minimum Gasteiger partial charge on any atom is -0.508 e. The second kappa shape index (κ2) is 8.55. The highest BCUT2D eigenvalue weighted by molar-refractivity contribution is 7.13. The zero-order valence-corrected chi connectivity index (χ0v) is 18.2. The third-order valence-electron chi connectivity index (χ3n) is 6.02. The van der Waals surface area contributed by atoms with Crippen LogP contribution in [-0.2, 0) is 0 Å². The number of amides is 1. The Labute approximate surface area is 190 Å². The molecule has 4 aromatic rings. The van der Waals surface area contributed by atoms with Gasteiger partial charge in [0.1, 0.15) is 5.75 Å². The fourth-order valence-electron chi connectivity index (χ4n) is 4.28. The molecule has 3 heterocycles. The number of ketones is 1. The van der Waals surface area contributed by atoms with Gasteiger partial charge in [0.2, 0.25) is 0 Å². The third-order valence-corrected chi connectivity index (χ3v) is 6.92. The summed E-state index contributed by atoms with van der Waals surface area (Å²) in [6.45, 7) is 1.08. The Bertz CT molecular complexity index is 1270. The first-order valence-corrected chi connectivity index (χ1v) is 11.5. The Morgan fingerprint density at radius 1 is 0.969 bits per heavy atom. The summed E-state index contributed by atoms with van der Waals surface area (Å²) >= 11 is 1.60. The number of likely N-dealkylation sites (tertiary alicyclic amines) is 1. The zero-order valence-electron chi connectivity index (χ0n) is 17.4. The lowest BCUT2D eigenvalue weighted by molar-refractivity contribution is 0.0652. The highest BCUT2D eigenvalue weighted by Gasteiger charge is 2.29. The first kappa shape index (κ1) is 20.4. The number of carbonyl (C=O) groups excluding carboxylic acids is 2. The molecule has 0 atom stereocenters. The van der Waals surface area contributed by atoms with Gasteiger partial charge >= 0.3 is 0 Å². The van der Waals surface area contributed by atoms with Crippen molar-refractivity contribution in [2.24, 2.45) is 5.92 Å². The molecule has 2 aromatic carbocycles. The predicted octanol–water partition coefficient (Wildman–Crippen LogP) is 5.40. The summed E-state index contributed by atoms with van der Waals surface area (Å²) in [4.78, 5) is 34.0. The molecular formula is C26H22N2O3S. The van der Waals surface area contributed by atoms with Crippen molar-refractivity contribution in [1.29, 1.82) is 0 Å². The van der Waals surface area contributed by atoms with E-state index in [2.05, 4.69) is 0 Å². The van der Waals surface area contributed by atoms with E-state index in [4.69, 9.17) is 4.98 Å². The maximum absolute atomic E-state index is 13.5. The molecule has 0 radical (unpaired) electrons. The summed E-state index contributed by atoms with van der Waals surface area (Å²) in [7, 11) is 0. The molecule has 1 amide bonds. The molecule has 5 nitrogen and oxygen atoms in total. The van der Waals surface area contributed by atoms with Crippen molar-refractivity contribution >= 4 is 33.9 Å². The fraction of sp³-hybridized carbons (Fsp3) is 0.192. The van der Waals surface area contributed by atoms with Crippen LogP contribution in [0.1, 0.15) is 33.6 Å². The van der Waals surface area contributed by atoms with Gasteiger partial charge in [-0.2, -0.15) is 0 Å². The first-order chi connectivity index (χ1) is 15.6. The second-order valence-electron chi connectivity index (χ2n) is 8.03. The van der Waals surface area contributed by atoms with Gasteiger partial charge in [0.25, 0.3) is 5.91 Å². The fourth-order valence-corrected chi connectivity index (χ4v) is 4.97. The van der Waals surface area contributed by atoms with Crippen LogP contribution < -0.4 is 0 Å². The Kier molecular flexibility index (Phi) is 5.45. The van der Waals surface area contributed by atoms with Crippen molar-refractivity contribution in [2.75, 3.05) is 13.1 Å². The molecular weight excluding hydrogens is 420 g/mol. The lowest BCUT2D eigenvalue weighted by Crippen LogP contribution is -2.40. The van der Waals surface area contributed by atoms with Crippen LogP contribution in [0.25, 0.3) is 21.5 Å². The molecule has 6 heteroatoms. The normalized spacial score (nSPS) is 14.6. The van der Waals surface area contributed by atoms with Gasteiger partial charge in [-0.15, -0.1) is 11.3 Å². The molecule has 1 aliphatic rings. The number of carbonyl (C=O) groups is 2. The van der Waals surface area contributed by atoms with Gasteiger partial charge in [-0.05, 0) is 60.7 Å². The van der Waals surface area contributed by atoms with E-state index in [0.717, 1.165) is 21.5 Å². The van der Waals surface area contributed by atoms with Crippen molar-refractivity contribution in [3.05, 3.63) is 83.2 Å². The predicted molar refractivity (Wildman–Crippen MR) is 126 cm³/mol. The second-order valence-corrected chi connectivity index (χ2v) is 8.97. The lowest BCUT2D eigenvalue weighted by Gasteiger charge is -2.31. The molecule has 1 aliphatic heterocycles.